The zero-order chi connectivity index (χ0) is 28.2. The number of carbonyl (C=O) groups is 1. The predicted molar refractivity (Wildman–Crippen MR) is 154 cm³/mol. The van der Waals surface area contributed by atoms with Crippen LogP contribution in [-0.2, 0) is 17.5 Å². The summed E-state index contributed by atoms with van der Waals surface area (Å²) in [4.78, 5) is 29.4. The number of halogens is 3. The van der Waals surface area contributed by atoms with Crippen LogP contribution in [0.3, 0.4) is 0 Å². The lowest BCUT2D eigenvalue weighted by molar-refractivity contribution is -0.137. The molecule has 40 heavy (non-hydrogen) atoms. The highest BCUT2D eigenvalue weighted by molar-refractivity contribution is 8.00. The van der Waals surface area contributed by atoms with E-state index in [9.17, 15) is 22.8 Å². The molecule has 0 radical (unpaired) electrons. The Balaban J connectivity index is 1.32. The van der Waals surface area contributed by atoms with Crippen molar-refractivity contribution in [3.8, 4) is 0 Å². The third-order valence-electron chi connectivity index (χ3n) is 8.85. The van der Waals surface area contributed by atoms with Crippen LogP contribution >= 0.6 is 23.1 Å². The number of rotatable bonds is 7. The van der Waals surface area contributed by atoms with Gasteiger partial charge in [-0.2, -0.15) is 13.2 Å². The lowest BCUT2D eigenvalue weighted by Crippen LogP contribution is -2.35. The van der Waals surface area contributed by atoms with Crippen LogP contribution in [0.1, 0.15) is 55.0 Å². The summed E-state index contributed by atoms with van der Waals surface area (Å²) in [5.74, 6) is 1.29. The summed E-state index contributed by atoms with van der Waals surface area (Å²) in [5.41, 5.74) is 1.62. The minimum Gasteiger partial charge on any atom is -0.372 e. The van der Waals surface area contributed by atoms with Crippen LogP contribution in [0.15, 0.2) is 58.4 Å². The highest BCUT2D eigenvalue weighted by Gasteiger charge is 2.55. The Bertz CT molecular complexity index is 1460. The van der Waals surface area contributed by atoms with Crippen molar-refractivity contribution in [2.45, 2.75) is 62.0 Å². The van der Waals surface area contributed by atoms with Crippen LogP contribution in [0.4, 0.5) is 24.5 Å². The summed E-state index contributed by atoms with van der Waals surface area (Å²) < 4.78 is 40.9. The number of hydrogen-bond donors (Lipinski definition) is 1. The van der Waals surface area contributed by atoms with Gasteiger partial charge in [0.2, 0.25) is 5.91 Å². The molecule has 2 aromatic carbocycles. The molecule has 10 heteroatoms. The van der Waals surface area contributed by atoms with Crippen LogP contribution in [-0.4, -0.2) is 28.8 Å². The summed E-state index contributed by atoms with van der Waals surface area (Å²) in [6.07, 6.45) is -0.862. The second kappa shape index (κ2) is 10.6. The van der Waals surface area contributed by atoms with E-state index < -0.39 is 17.6 Å². The van der Waals surface area contributed by atoms with Crippen molar-refractivity contribution in [3.63, 3.8) is 0 Å². The van der Waals surface area contributed by atoms with Gasteiger partial charge in [0.15, 0.2) is 0 Å². The highest BCUT2D eigenvalue weighted by Crippen LogP contribution is 2.64. The zero-order valence-corrected chi connectivity index (χ0v) is 24.0. The van der Waals surface area contributed by atoms with Gasteiger partial charge in [0.25, 0.3) is 0 Å². The number of hydrogen-bond acceptors (Lipinski definition) is 5. The lowest BCUT2D eigenvalue weighted by atomic mass is 9.75. The Kier molecular flexibility index (Phi) is 7.27. The summed E-state index contributed by atoms with van der Waals surface area (Å²) in [7, 11) is 0. The van der Waals surface area contributed by atoms with Gasteiger partial charge in [-0.3, -0.25) is 14.2 Å². The van der Waals surface area contributed by atoms with Gasteiger partial charge in [0.1, 0.15) is 6.54 Å². The first kappa shape index (κ1) is 27.4. The maximum absolute atomic E-state index is 13.3. The molecule has 2 aliphatic carbocycles. The number of thioether (sulfide) groups is 1. The molecule has 4 unspecified atom stereocenters. The fourth-order valence-electron chi connectivity index (χ4n) is 7.06. The van der Waals surface area contributed by atoms with Crippen molar-refractivity contribution in [2.24, 2.45) is 17.8 Å². The average Bonchev–Trinajstić information content (AvgIpc) is 3.63. The van der Waals surface area contributed by atoms with Gasteiger partial charge in [-0.1, -0.05) is 29.5 Å². The van der Waals surface area contributed by atoms with E-state index in [-0.39, 0.29) is 23.0 Å². The van der Waals surface area contributed by atoms with E-state index >= 15 is 0 Å². The van der Waals surface area contributed by atoms with Gasteiger partial charge >= 0.3 is 11.0 Å². The number of benzene rings is 2. The summed E-state index contributed by atoms with van der Waals surface area (Å²) in [6, 6.07) is 13.3. The van der Waals surface area contributed by atoms with Gasteiger partial charge in [0, 0.05) is 40.5 Å². The maximum atomic E-state index is 13.3. The van der Waals surface area contributed by atoms with E-state index in [1.807, 2.05) is 0 Å². The molecule has 0 saturated heterocycles. The van der Waals surface area contributed by atoms with Crippen LogP contribution in [0, 0.1) is 17.8 Å². The van der Waals surface area contributed by atoms with Crippen molar-refractivity contribution in [3.05, 3.63) is 74.2 Å². The van der Waals surface area contributed by atoms with Crippen molar-refractivity contribution >= 4 is 40.4 Å². The lowest BCUT2D eigenvalue weighted by Gasteiger charge is -2.40. The monoisotopic (exact) mass is 587 g/mol. The Hall–Kier alpha value is -2.72. The number of fused-ring (bicyclic) bond motifs is 6. The first-order valence-electron chi connectivity index (χ1n) is 13.9. The number of anilines is 2. The van der Waals surface area contributed by atoms with E-state index in [4.69, 9.17) is 0 Å². The normalized spacial score (nSPS) is 25.0. The molecule has 3 aromatic rings. The minimum atomic E-state index is -4.50. The standard InChI is InChI=1S/C30H32F3N3O2S2/c1-3-35(4-2)22-12-10-17(11-13-22)24-25-18-8-9-19(14-18)26(25)39-28-27(24)40-29(38)36(28)16-23(37)34-21-7-5-6-20(15-21)30(31,32)33/h5-7,10-13,15,18-19,24-26H,3-4,8-9,14,16H2,1-2H3,(H,34,37)/t18?,19?,24-,25?,26?/m0/s1. The summed E-state index contributed by atoms with van der Waals surface area (Å²) in [6.45, 7) is 5.92. The number of thiazole rings is 1. The van der Waals surface area contributed by atoms with E-state index in [1.165, 1.54) is 58.5 Å². The van der Waals surface area contributed by atoms with E-state index in [0.29, 0.717) is 23.0 Å². The second-order valence-corrected chi connectivity index (χ2v) is 13.1. The number of alkyl halides is 3. The largest absolute Gasteiger partial charge is 0.416 e. The van der Waals surface area contributed by atoms with Crippen LogP contribution in [0.25, 0.3) is 0 Å². The number of nitrogens with one attached hydrogen (secondary N) is 1. The average molecular weight is 588 g/mol. The van der Waals surface area contributed by atoms with Crippen molar-refractivity contribution < 1.29 is 18.0 Å². The maximum Gasteiger partial charge on any atom is 0.416 e. The molecule has 0 spiro atoms. The third kappa shape index (κ3) is 4.87. The number of aromatic nitrogens is 1. The molecular formula is C30H32F3N3O2S2. The molecule has 3 aliphatic rings. The quantitative estimate of drug-likeness (QED) is 0.322. The summed E-state index contributed by atoms with van der Waals surface area (Å²) >= 11 is 2.96. The van der Waals surface area contributed by atoms with Gasteiger partial charge in [0.05, 0.1) is 10.6 Å². The molecule has 6 rings (SSSR count). The molecule has 1 aromatic heterocycles. The number of carbonyl (C=O) groups excluding carboxylic acids is 1. The van der Waals surface area contributed by atoms with E-state index in [1.54, 1.807) is 11.8 Å². The molecule has 2 bridgehead atoms. The fraction of sp³-hybridized carbons (Fsp3) is 0.467. The molecule has 1 amide bonds. The van der Waals surface area contributed by atoms with Gasteiger partial charge in [-0.25, -0.2) is 0 Å². The van der Waals surface area contributed by atoms with Gasteiger partial charge in [-0.15, -0.1) is 11.8 Å². The molecule has 2 saturated carbocycles. The van der Waals surface area contributed by atoms with Crippen LogP contribution < -0.4 is 15.1 Å². The first-order valence-corrected chi connectivity index (χ1v) is 15.6. The molecule has 212 valence electrons. The van der Waals surface area contributed by atoms with E-state index in [2.05, 4.69) is 48.3 Å². The Morgan fingerprint density at radius 2 is 1.80 bits per heavy atom. The molecule has 5 atom stereocenters. The van der Waals surface area contributed by atoms with Crippen molar-refractivity contribution in [1.82, 2.24) is 4.57 Å². The minimum absolute atomic E-state index is 0.0592. The molecule has 1 N–H and O–H groups in total. The molecular weight excluding hydrogens is 555 g/mol. The predicted octanol–water partition coefficient (Wildman–Crippen LogP) is 7.07. The van der Waals surface area contributed by atoms with Crippen molar-refractivity contribution in [2.75, 3.05) is 23.3 Å². The topological polar surface area (TPSA) is 54.3 Å². The fourth-order valence-corrected chi connectivity index (χ4v) is 10.2. The second-order valence-electron chi connectivity index (χ2n) is 11.0. The molecule has 2 fully saturated rings. The van der Waals surface area contributed by atoms with Crippen molar-refractivity contribution in [1.29, 1.82) is 0 Å². The molecule has 5 nitrogen and oxygen atoms in total. The smallest absolute Gasteiger partial charge is 0.372 e. The first-order chi connectivity index (χ1) is 19.2. The molecule has 2 heterocycles. The number of nitrogens with zero attached hydrogens (tertiary/aromatic N) is 2. The SMILES string of the molecule is CCN(CC)c1ccc([C@@H]2c3sc(=O)n(CC(=O)Nc4cccc(C(F)(F)F)c4)c3SC3C4CCC(C4)C32)cc1. The van der Waals surface area contributed by atoms with Gasteiger partial charge in [-0.05, 0) is 86.8 Å². The van der Waals surface area contributed by atoms with Crippen LogP contribution in [0.2, 0.25) is 0 Å². The Labute approximate surface area is 239 Å². The highest BCUT2D eigenvalue weighted by atomic mass is 32.2. The third-order valence-corrected chi connectivity index (χ3v) is 11.7. The molecule has 1 aliphatic heterocycles. The van der Waals surface area contributed by atoms with Crippen LogP contribution in [0.5, 0.6) is 0 Å². The zero-order valence-electron chi connectivity index (χ0n) is 22.4. The van der Waals surface area contributed by atoms with E-state index in [0.717, 1.165) is 35.1 Å². The van der Waals surface area contributed by atoms with Gasteiger partial charge < -0.3 is 10.2 Å². The summed E-state index contributed by atoms with van der Waals surface area (Å²) in [5, 5.41) is 3.80. The Morgan fingerprint density at radius 1 is 1.07 bits per heavy atom. The number of amides is 1. The Morgan fingerprint density at radius 3 is 2.50 bits per heavy atom.